The summed E-state index contributed by atoms with van der Waals surface area (Å²) in [4.78, 5) is 29.4. The molecule has 0 saturated heterocycles. The number of halogens is 1. The van der Waals surface area contributed by atoms with E-state index in [2.05, 4.69) is 25.0 Å². The molecule has 0 aliphatic heterocycles. The van der Waals surface area contributed by atoms with E-state index in [0.29, 0.717) is 27.7 Å². The van der Waals surface area contributed by atoms with E-state index >= 15 is 0 Å². The van der Waals surface area contributed by atoms with Crippen molar-refractivity contribution in [2.75, 3.05) is 12.4 Å². The SMILES string of the molecule is COc1ccc2[nH]c(C(=O)Nc3ccc(Cl)cc3-c3noc(=O)[nH]3)cc2c1. The van der Waals surface area contributed by atoms with Crippen LogP contribution in [-0.2, 0) is 0 Å². The molecule has 0 fully saturated rings. The molecule has 4 rings (SSSR count). The molecular formula is C18H13ClN4O4. The summed E-state index contributed by atoms with van der Waals surface area (Å²) in [6.07, 6.45) is 0. The summed E-state index contributed by atoms with van der Waals surface area (Å²) in [6, 6.07) is 12.0. The van der Waals surface area contributed by atoms with E-state index in [0.717, 1.165) is 10.9 Å². The number of hydrogen-bond donors (Lipinski definition) is 3. The number of fused-ring (bicyclic) bond motifs is 1. The highest BCUT2D eigenvalue weighted by Crippen LogP contribution is 2.29. The summed E-state index contributed by atoms with van der Waals surface area (Å²) in [7, 11) is 1.58. The molecule has 0 unspecified atom stereocenters. The van der Waals surface area contributed by atoms with Crippen molar-refractivity contribution >= 4 is 34.1 Å². The van der Waals surface area contributed by atoms with Crippen LogP contribution in [0.4, 0.5) is 5.69 Å². The first-order chi connectivity index (χ1) is 13.0. The summed E-state index contributed by atoms with van der Waals surface area (Å²) < 4.78 is 9.72. The number of nitrogens with one attached hydrogen (secondary N) is 3. The van der Waals surface area contributed by atoms with Crippen molar-refractivity contribution in [2.24, 2.45) is 0 Å². The van der Waals surface area contributed by atoms with Gasteiger partial charge in [0.25, 0.3) is 5.91 Å². The Bertz CT molecular complexity index is 1210. The second kappa shape index (κ2) is 6.65. The zero-order chi connectivity index (χ0) is 19.0. The number of benzene rings is 2. The minimum Gasteiger partial charge on any atom is -0.497 e. The number of anilines is 1. The molecule has 27 heavy (non-hydrogen) atoms. The molecule has 3 N–H and O–H groups in total. The van der Waals surface area contributed by atoms with Crippen LogP contribution in [0.15, 0.2) is 51.8 Å². The van der Waals surface area contributed by atoms with Crippen LogP contribution in [0.25, 0.3) is 22.3 Å². The van der Waals surface area contributed by atoms with Crippen molar-refractivity contribution in [3.05, 3.63) is 63.7 Å². The molecule has 0 aliphatic rings. The van der Waals surface area contributed by atoms with Crippen molar-refractivity contribution < 1.29 is 14.1 Å². The molecule has 0 radical (unpaired) electrons. The fraction of sp³-hybridized carbons (Fsp3) is 0.0556. The van der Waals surface area contributed by atoms with Crippen LogP contribution in [0, 0.1) is 0 Å². The van der Waals surface area contributed by atoms with Gasteiger partial charge in [0.05, 0.1) is 12.8 Å². The summed E-state index contributed by atoms with van der Waals surface area (Å²) in [6.45, 7) is 0. The van der Waals surface area contributed by atoms with Crippen LogP contribution in [-0.4, -0.2) is 28.1 Å². The number of H-pyrrole nitrogens is 2. The Morgan fingerprint density at radius 2 is 2.04 bits per heavy atom. The largest absolute Gasteiger partial charge is 0.497 e. The third kappa shape index (κ3) is 3.30. The number of carbonyl (C=O) groups is 1. The molecule has 0 saturated carbocycles. The topological polar surface area (TPSA) is 113 Å². The minimum atomic E-state index is -0.702. The van der Waals surface area contributed by atoms with Gasteiger partial charge in [0.15, 0.2) is 5.82 Å². The molecule has 136 valence electrons. The molecule has 2 aromatic heterocycles. The Labute approximate surface area is 157 Å². The average Bonchev–Trinajstić information content (AvgIpc) is 3.28. The number of amides is 1. The Balaban J connectivity index is 1.68. The maximum absolute atomic E-state index is 12.7. The maximum atomic E-state index is 12.7. The fourth-order valence-electron chi connectivity index (χ4n) is 2.72. The van der Waals surface area contributed by atoms with Gasteiger partial charge in [-0.15, -0.1) is 0 Å². The molecule has 8 nitrogen and oxygen atoms in total. The number of ether oxygens (including phenoxy) is 1. The standard InChI is InChI=1S/C18H13ClN4O4/c1-26-11-3-5-13-9(6-11)7-15(20-13)17(24)21-14-4-2-10(19)8-12(14)16-22-18(25)27-23-16/h2-8,20H,1H3,(H,21,24)(H,22,23,25). The van der Waals surface area contributed by atoms with Gasteiger partial charge < -0.3 is 15.0 Å². The van der Waals surface area contributed by atoms with Gasteiger partial charge in [0, 0.05) is 21.5 Å². The molecule has 1 amide bonds. The predicted molar refractivity (Wildman–Crippen MR) is 100 cm³/mol. The van der Waals surface area contributed by atoms with Crippen LogP contribution >= 0.6 is 11.6 Å². The van der Waals surface area contributed by atoms with Crippen molar-refractivity contribution in [1.29, 1.82) is 0 Å². The number of hydrogen-bond acceptors (Lipinski definition) is 5. The second-order valence-corrected chi connectivity index (χ2v) is 6.16. The zero-order valence-corrected chi connectivity index (χ0v) is 14.8. The first-order valence-corrected chi connectivity index (χ1v) is 8.25. The van der Waals surface area contributed by atoms with E-state index in [-0.39, 0.29) is 11.7 Å². The summed E-state index contributed by atoms with van der Waals surface area (Å²) >= 11 is 6.03. The second-order valence-electron chi connectivity index (χ2n) is 5.72. The quantitative estimate of drug-likeness (QED) is 0.499. The highest BCUT2D eigenvalue weighted by Gasteiger charge is 2.16. The molecular weight excluding hydrogens is 372 g/mol. The van der Waals surface area contributed by atoms with Gasteiger partial charge in [-0.3, -0.25) is 14.3 Å². The number of rotatable bonds is 4. The lowest BCUT2D eigenvalue weighted by atomic mass is 10.1. The molecule has 0 aliphatic carbocycles. The minimum absolute atomic E-state index is 0.166. The molecule has 2 aromatic carbocycles. The van der Waals surface area contributed by atoms with Gasteiger partial charge in [-0.25, -0.2) is 4.79 Å². The zero-order valence-electron chi connectivity index (χ0n) is 14.0. The molecule has 4 aromatic rings. The Morgan fingerprint density at radius 3 is 2.78 bits per heavy atom. The van der Waals surface area contributed by atoms with Gasteiger partial charge in [-0.05, 0) is 42.5 Å². The first-order valence-electron chi connectivity index (χ1n) is 7.87. The number of aromatic amines is 2. The Kier molecular flexibility index (Phi) is 4.17. The molecule has 0 spiro atoms. The highest BCUT2D eigenvalue weighted by atomic mass is 35.5. The number of aromatic nitrogens is 3. The van der Waals surface area contributed by atoms with Crippen LogP contribution in [0.5, 0.6) is 5.75 Å². The Hall–Kier alpha value is -3.52. The van der Waals surface area contributed by atoms with E-state index in [1.165, 1.54) is 0 Å². The normalized spacial score (nSPS) is 10.9. The third-order valence-electron chi connectivity index (χ3n) is 4.00. The lowest BCUT2D eigenvalue weighted by Gasteiger charge is -2.08. The third-order valence-corrected chi connectivity index (χ3v) is 4.23. The van der Waals surface area contributed by atoms with Crippen molar-refractivity contribution in [3.8, 4) is 17.1 Å². The van der Waals surface area contributed by atoms with Gasteiger partial charge in [-0.2, -0.15) is 0 Å². The summed E-state index contributed by atoms with van der Waals surface area (Å²) in [5.74, 6) is -0.200. The van der Waals surface area contributed by atoms with E-state index in [1.54, 1.807) is 37.4 Å². The fourth-order valence-corrected chi connectivity index (χ4v) is 2.89. The predicted octanol–water partition coefficient (Wildman–Crippen LogP) is 3.43. The van der Waals surface area contributed by atoms with E-state index in [9.17, 15) is 9.59 Å². The smallest absolute Gasteiger partial charge is 0.439 e. The lowest BCUT2D eigenvalue weighted by Crippen LogP contribution is -2.13. The van der Waals surface area contributed by atoms with E-state index < -0.39 is 5.76 Å². The molecule has 9 heteroatoms. The number of methoxy groups -OCH3 is 1. The lowest BCUT2D eigenvalue weighted by molar-refractivity contribution is 0.102. The monoisotopic (exact) mass is 384 g/mol. The van der Waals surface area contributed by atoms with Crippen molar-refractivity contribution in [2.45, 2.75) is 0 Å². The van der Waals surface area contributed by atoms with Gasteiger partial charge in [-0.1, -0.05) is 16.8 Å². The van der Waals surface area contributed by atoms with Gasteiger partial charge in [0.2, 0.25) is 0 Å². The van der Waals surface area contributed by atoms with E-state index in [4.69, 9.17) is 16.3 Å². The number of nitrogens with zero attached hydrogens (tertiary/aromatic N) is 1. The van der Waals surface area contributed by atoms with Crippen LogP contribution < -0.4 is 15.8 Å². The van der Waals surface area contributed by atoms with Crippen LogP contribution in [0.3, 0.4) is 0 Å². The number of carbonyl (C=O) groups excluding carboxylic acids is 1. The molecule has 2 heterocycles. The van der Waals surface area contributed by atoms with Crippen molar-refractivity contribution in [3.63, 3.8) is 0 Å². The average molecular weight is 385 g/mol. The van der Waals surface area contributed by atoms with Gasteiger partial charge >= 0.3 is 5.76 Å². The van der Waals surface area contributed by atoms with Crippen molar-refractivity contribution in [1.82, 2.24) is 15.1 Å². The maximum Gasteiger partial charge on any atom is 0.439 e. The molecule has 0 atom stereocenters. The van der Waals surface area contributed by atoms with Crippen LogP contribution in [0.1, 0.15) is 10.5 Å². The van der Waals surface area contributed by atoms with E-state index in [1.807, 2.05) is 12.1 Å². The first kappa shape index (κ1) is 16.9. The summed E-state index contributed by atoms with van der Waals surface area (Å²) in [5, 5.41) is 7.70. The molecule has 0 bridgehead atoms. The highest BCUT2D eigenvalue weighted by molar-refractivity contribution is 6.31. The van der Waals surface area contributed by atoms with Gasteiger partial charge in [0.1, 0.15) is 11.4 Å². The Morgan fingerprint density at radius 1 is 1.19 bits per heavy atom. The van der Waals surface area contributed by atoms with Crippen LogP contribution in [0.2, 0.25) is 5.02 Å². The summed E-state index contributed by atoms with van der Waals surface area (Å²) in [5.41, 5.74) is 2.02.